The third-order valence-corrected chi connectivity index (χ3v) is 3.14. The van der Waals surface area contributed by atoms with Crippen molar-refractivity contribution >= 4 is 16.5 Å². The van der Waals surface area contributed by atoms with Crippen LogP contribution in [0.4, 0.5) is 18.3 Å². The fraction of sp³-hybridized carbons (Fsp3) is 0.625. The van der Waals surface area contributed by atoms with E-state index in [9.17, 15) is 13.2 Å². The Morgan fingerprint density at radius 1 is 1.40 bits per heavy atom. The SMILES string of the molecule is Cc1nc(N(C)C)sc1[C@@H](O)C(F)(F)F. The van der Waals surface area contributed by atoms with Gasteiger partial charge in [-0.05, 0) is 6.92 Å². The number of thiazole rings is 1. The highest BCUT2D eigenvalue weighted by Crippen LogP contribution is 2.38. The van der Waals surface area contributed by atoms with Gasteiger partial charge in [0.2, 0.25) is 0 Å². The average Bonchev–Trinajstić information content (AvgIpc) is 2.44. The molecule has 1 rings (SSSR count). The van der Waals surface area contributed by atoms with E-state index in [0.717, 1.165) is 11.3 Å². The number of aryl methyl sites for hydroxylation is 1. The van der Waals surface area contributed by atoms with E-state index in [1.165, 1.54) is 6.92 Å². The topological polar surface area (TPSA) is 36.4 Å². The molecular formula is C8H11F3N2OS. The van der Waals surface area contributed by atoms with Crippen molar-refractivity contribution in [1.29, 1.82) is 0 Å². The lowest BCUT2D eigenvalue weighted by Crippen LogP contribution is -2.19. The van der Waals surface area contributed by atoms with E-state index >= 15 is 0 Å². The number of alkyl halides is 3. The fourth-order valence-electron chi connectivity index (χ4n) is 0.987. The van der Waals surface area contributed by atoms with Gasteiger partial charge >= 0.3 is 6.18 Å². The van der Waals surface area contributed by atoms with Crippen molar-refractivity contribution in [2.45, 2.75) is 19.2 Å². The smallest absolute Gasteiger partial charge is 0.379 e. The van der Waals surface area contributed by atoms with Crippen LogP contribution in [0.5, 0.6) is 0 Å². The maximum Gasteiger partial charge on any atom is 0.419 e. The van der Waals surface area contributed by atoms with Crippen molar-refractivity contribution in [2.75, 3.05) is 19.0 Å². The first-order chi connectivity index (χ1) is 6.73. The summed E-state index contributed by atoms with van der Waals surface area (Å²) < 4.78 is 36.7. The van der Waals surface area contributed by atoms with Gasteiger partial charge in [-0.2, -0.15) is 13.2 Å². The summed E-state index contributed by atoms with van der Waals surface area (Å²) in [6.07, 6.45) is -7.08. The number of aliphatic hydroxyl groups is 1. The highest BCUT2D eigenvalue weighted by atomic mass is 32.1. The highest BCUT2D eigenvalue weighted by Gasteiger charge is 2.41. The lowest BCUT2D eigenvalue weighted by atomic mass is 10.2. The molecule has 0 aromatic carbocycles. The Bertz CT molecular complexity index is 348. The first-order valence-electron chi connectivity index (χ1n) is 4.13. The number of anilines is 1. The third kappa shape index (κ3) is 2.60. The molecule has 0 radical (unpaired) electrons. The Hall–Kier alpha value is -0.820. The normalized spacial score (nSPS) is 14.1. The van der Waals surface area contributed by atoms with Gasteiger partial charge < -0.3 is 10.0 Å². The van der Waals surface area contributed by atoms with Crippen LogP contribution in [0.3, 0.4) is 0 Å². The first-order valence-corrected chi connectivity index (χ1v) is 4.94. The summed E-state index contributed by atoms with van der Waals surface area (Å²) in [6, 6.07) is 0. The summed E-state index contributed by atoms with van der Waals surface area (Å²) in [7, 11) is 3.37. The van der Waals surface area contributed by atoms with Crippen LogP contribution in [0.25, 0.3) is 0 Å². The Labute approximate surface area is 89.2 Å². The molecule has 15 heavy (non-hydrogen) atoms. The molecule has 0 saturated heterocycles. The van der Waals surface area contributed by atoms with E-state index in [0.29, 0.717) is 5.13 Å². The minimum Gasteiger partial charge on any atom is -0.379 e. The van der Waals surface area contributed by atoms with Gasteiger partial charge in [-0.25, -0.2) is 4.98 Å². The number of hydrogen-bond acceptors (Lipinski definition) is 4. The zero-order valence-corrected chi connectivity index (χ0v) is 9.28. The standard InChI is InChI=1S/C8H11F3N2OS/c1-4-5(6(14)8(9,10)11)15-7(12-4)13(2)3/h6,14H,1-3H3/t6-/m1/s1. The fourth-order valence-corrected chi connectivity index (χ4v) is 1.99. The van der Waals surface area contributed by atoms with E-state index < -0.39 is 12.3 Å². The minimum absolute atomic E-state index is 0.147. The molecule has 0 unspecified atom stereocenters. The van der Waals surface area contributed by atoms with Crippen molar-refractivity contribution in [3.8, 4) is 0 Å². The third-order valence-electron chi connectivity index (χ3n) is 1.76. The van der Waals surface area contributed by atoms with Gasteiger partial charge in [0.25, 0.3) is 0 Å². The van der Waals surface area contributed by atoms with Crippen molar-refractivity contribution < 1.29 is 18.3 Å². The summed E-state index contributed by atoms with van der Waals surface area (Å²) in [4.78, 5) is 5.38. The number of aliphatic hydroxyl groups excluding tert-OH is 1. The van der Waals surface area contributed by atoms with Gasteiger partial charge in [-0.3, -0.25) is 0 Å². The Kier molecular flexibility index (Phi) is 3.25. The molecule has 3 nitrogen and oxygen atoms in total. The first kappa shape index (κ1) is 12.3. The van der Waals surface area contributed by atoms with Crippen molar-refractivity contribution in [3.05, 3.63) is 10.6 Å². The lowest BCUT2D eigenvalue weighted by molar-refractivity contribution is -0.205. The van der Waals surface area contributed by atoms with E-state index in [4.69, 9.17) is 5.11 Å². The summed E-state index contributed by atoms with van der Waals surface area (Å²) in [5, 5.41) is 9.51. The molecule has 1 aromatic rings. The predicted octanol–water partition coefficient (Wildman–Crippen LogP) is 2.11. The average molecular weight is 240 g/mol. The molecule has 0 aliphatic carbocycles. The van der Waals surface area contributed by atoms with E-state index in [2.05, 4.69) is 4.98 Å². The number of nitrogens with zero attached hydrogens (tertiary/aromatic N) is 2. The molecule has 1 N–H and O–H groups in total. The zero-order chi connectivity index (χ0) is 11.8. The molecule has 1 heterocycles. The predicted molar refractivity (Wildman–Crippen MR) is 52.2 cm³/mol. The maximum atomic E-state index is 12.2. The molecule has 0 aliphatic rings. The summed E-state index contributed by atoms with van der Waals surface area (Å²) in [6.45, 7) is 1.45. The van der Waals surface area contributed by atoms with Crippen LogP contribution < -0.4 is 4.90 Å². The molecule has 86 valence electrons. The van der Waals surface area contributed by atoms with Gasteiger partial charge in [0.1, 0.15) is 0 Å². The Morgan fingerprint density at radius 2 is 1.93 bits per heavy atom. The number of rotatable bonds is 2. The van der Waals surface area contributed by atoms with Gasteiger partial charge in [0, 0.05) is 14.1 Å². The lowest BCUT2D eigenvalue weighted by Gasteiger charge is -2.12. The second-order valence-corrected chi connectivity index (χ2v) is 4.29. The van der Waals surface area contributed by atoms with Crippen LogP contribution in [0.1, 0.15) is 16.7 Å². The van der Waals surface area contributed by atoms with E-state index in [1.54, 1.807) is 19.0 Å². The van der Waals surface area contributed by atoms with Crippen LogP contribution in [0.15, 0.2) is 0 Å². The summed E-state index contributed by atoms with van der Waals surface area (Å²) >= 11 is 0.847. The highest BCUT2D eigenvalue weighted by molar-refractivity contribution is 7.15. The molecule has 1 aromatic heterocycles. The maximum absolute atomic E-state index is 12.2. The Morgan fingerprint density at radius 3 is 2.27 bits per heavy atom. The van der Waals surface area contributed by atoms with Gasteiger partial charge in [-0.15, -0.1) is 0 Å². The van der Waals surface area contributed by atoms with Gasteiger partial charge in [0.15, 0.2) is 11.2 Å². The molecule has 0 saturated carbocycles. The molecule has 0 fully saturated rings. The zero-order valence-electron chi connectivity index (χ0n) is 8.46. The molecule has 0 spiro atoms. The van der Waals surface area contributed by atoms with Crippen molar-refractivity contribution in [3.63, 3.8) is 0 Å². The quantitative estimate of drug-likeness (QED) is 0.860. The van der Waals surface area contributed by atoms with Crippen LogP contribution in [0, 0.1) is 6.92 Å². The van der Waals surface area contributed by atoms with Gasteiger partial charge in [0.05, 0.1) is 10.6 Å². The number of hydrogen-bond donors (Lipinski definition) is 1. The molecular weight excluding hydrogens is 229 g/mol. The second-order valence-electron chi connectivity index (χ2n) is 3.28. The molecule has 0 aliphatic heterocycles. The van der Waals surface area contributed by atoms with Crippen LogP contribution in [-0.2, 0) is 0 Å². The summed E-state index contributed by atoms with van der Waals surface area (Å²) in [5.41, 5.74) is 0.216. The Balaban J connectivity index is 3.05. The van der Waals surface area contributed by atoms with E-state index in [1.807, 2.05) is 0 Å². The largest absolute Gasteiger partial charge is 0.419 e. The number of aromatic nitrogens is 1. The van der Waals surface area contributed by atoms with E-state index in [-0.39, 0.29) is 10.6 Å². The summed E-state index contributed by atoms with van der Waals surface area (Å²) in [5.74, 6) is 0. The molecule has 7 heteroatoms. The minimum atomic E-state index is -4.64. The van der Waals surface area contributed by atoms with Crippen LogP contribution in [0.2, 0.25) is 0 Å². The van der Waals surface area contributed by atoms with Crippen molar-refractivity contribution in [2.24, 2.45) is 0 Å². The monoisotopic (exact) mass is 240 g/mol. The molecule has 1 atom stereocenters. The van der Waals surface area contributed by atoms with Crippen molar-refractivity contribution in [1.82, 2.24) is 4.98 Å². The molecule has 0 bridgehead atoms. The second kappa shape index (κ2) is 3.97. The van der Waals surface area contributed by atoms with Crippen LogP contribution in [-0.4, -0.2) is 30.4 Å². The molecule has 0 amide bonds. The van der Waals surface area contributed by atoms with Gasteiger partial charge in [-0.1, -0.05) is 11.3 Å². The number of halogens is 3. The van der Waals surface area contributed by atoms with Crippen LogP contribution >= 0.6 is 11.3 Å².